The normalized spacial score (nSPS) is 12.9. The van der Waals surface area contributed by atoms with Gasteiger partial charge < -0.3 is 15.5 Å². The smallest absolute Gasteiger partial charge is 0.314 e. The summed E-state index contributed by atoms with van der Waals surface area (Å²) in [5.74, 6) is 0. The van der Waals surface area contributed by atoms with E-state index in [4.69, 9.17) is 0 Å². The number of carbonyl (C=O) groups is 1. The summed E-state index contributed by atoms with van der Waals surface area (Å²) in [4.78, 5) is 13.8. The molecule has 2 amide bonds. The Morgan fingerprint density at radius 2 is 1.83 bits per heavy atom. The van der Waals surface area contributed by atoms with Gasteiger partial charge in [0.15, 0.2) is 0 Å². The van der Waals surface area contributed by atoms with Crippen molar-refractivity contribution >= 4 is 16.1 Å². The molecule has 23 heavy (non-hydrogen) atoms. The highest BCUT2D eigenvalue weighted by Gasteiger charge is 2.16. The summed E-state index contributed by atoms with van der Waals surface area (Å²) < 4.78 is 24.1. The van der Waals surface area contributed by atoms with Crippen molar-refractivity contribution in [2.45, 2.75) is 13.0 Å². The molecule has 0 bridgehead atoms. The van der Waals surface area contributed by atoms with Crippen LogP contribution in [0.5, 0.6) is 0 Å². The van der Waals surface area contributed by atoms with Crippen LogP contribution < -0.4 is 15.4 Å². The number of hydrogen-bond donors (Lipinski definition) is 3. The molecule has 130 valence electrons. The number of aryl methyl sites for hydroxylation is 1. The van der Waals surface area contributed by atoms with Crippen LogP contribution in [0, 0.1) is 6.92 Å². The Morgan fingerprint density at radius 3 is 2.39 bits per heavy atom. The fourth-order valence-electron chi connectivity index (χ4n) is 2.20. The maximum Gasteiger partial charge on any atom is 0.314 e. The van der Waals surface area contributed by atoms with Crippen molar-refractivity contribution in [3.63, 3.8) is 0 Å². The number of likely N-dealkylation sites (N-methyl/N-ethyl adjacent to an activating group) is 1. The van der Waals surface area contributed by atoms with Crippen LogP contribution in [0.1, 0.15) is 17.2 Å². The van der Waals surface area contributed by atoms with Gasteiger partial charge in [0.1, 0.15) is 0 Å². The maximum absolute atomic E-state index is 11.8. The maximum atomic E-state index is 11.8. The van der Waals surface area contributed by atoms with Gasteiger partial charge in [-0.2, -0.15) is 0 Å². The molecule has 1 unspecified atom stereocenters. The number of benzene rings is 1. The minimum Gasteiger partial charge on any atom is -0.337 e. The molecule has 1 aromatic carbocycles. The fraction of sp³-hybridized carbons (Fsp3) is 0.533. The quantitative estimate of drug-likeness (QED) is 0.598. The first-order valence-corrected chi connectivity index (χ1v) is 9.28. The van der Waals surface area contributed by atoms with Gasteiger partial charge in [0, 0.05) is 19.6 Å². The summed E-state index contributed by atoms with van der Waals surface area (Å²) in [6.07, 6.45) is 1.08. The monoisotopic (exact) mass is 342 g/mol. The predicted molar refractivity (Wildman–Crippen MR) is 91.9 cm³/mol. The van der Waals surface area contributed by atoms with Gasteiger partial charge in [-0.25, -0.2) is 17.9 Å². The van der Waals surface area contributed by atoms with Gasteiger partial charge in [0.25, 0.3) is 0 Å². The predicted octanol–water partition coefficient (Wildman–Crippen LogP) is 0.446. The zero-order valence-corrected chi connectivity index (χ0v) is 14.9. The van der Waals surface area contributed by atoms with E-state index in [1.807, 2.05) is 44.1 Å². The van der Waals surface area contributed by atoms with E-state index < -0.39 is 10.0 Å². The Kier molecular flexibility index (Phi) is 7.47. The first-order chi connectivity index (χ1) is 10.7. The standard InChI is InChI=1S/C15H26N4O3S/c1-12-7-5-6-8-13(12)14(19(2)3)11-17-15(20)16-9-10-18-23(4,21)22/h5-8,14,18H,9-11H2,1-4H3,(H2,16,17,20). The summed E-state index contributed by atoms with van der Waals surface area (Å²) in [6, 6.07) is 7.81. The van der Waals surface area contributed by atoms with Gasteiger partial charge in [-0.05, 0) is 32.1 Å². The molecule has 0 aliphatic rings. The largest absolute Gasteiger partial charge is 0.337 e. The molecule has 0 spiro atoms. The Balaban J connectivity index is 2.47. The summed E-state index contributed by atoms with van der Waals surface area (Å²) in [5.41, 5.74) is 2.34. The number of carbonyl (C=O) groups excluding carboxylic acids is 1. The molecule has 0 heterocycles. The Morgan fingerprint density at radius 1 is 1.17 bits per heavy atom. The number of rotatable bonds is 8. The summed E-state index contributed by atoms with van der Waals surface area (Å²) in [7, 11) is 0.702. The van der Waals surface area contributed by atoms with Crippen LogP contribution >= 0.6 is 0 Å². The highest BCUT2D eigenvalue weighted by molar-refractivity contribution is 7.88. The number of sulfonamides is 1. The number of hydrogen-bond acceptors (Lipinski definition) is 4. The van der Waals surface area contributed by atoms with E-state index in [0.717, 1.165) is 11.8 Å². The molecule has 0 aliphatic heterocycles. The minimum absolute atomic E-state index is 0.0658. The number of nitrogens with one attached hydrogen (secondary N) is 3. The van der Waals surface area contributed by atoms with Gasteiger partial charge >= 0.3 is 6.03 Å². The first-order valence-electron chi connectivity index (χ1n) is 7.39. The lowest BCUT2D eigenvalue weighted by atomic mass is 10.0. The number of amides is 2. The van der Waals surface area contributed by atoms with Crippen LogP contribution in [-0.4, -0.2) is 59.3 Å². The van der Waals surface area contributed by atoms with Gasteiger partial charge in [0.05, 0.1) is 12.3 Å². The summed E-state index contributed by atoms with van der Waals surface area (Å²) in [5, 5.41) is 5.44. The van der Waals surface area contributed by atoms with Gasteiger partial charge in [0.2, 0.25) is 10.0 Å². The second-order valence-corrected chi connectivity index (χ2v) is 7.47. The van der Waals surface area contributed by atoms with Gasteiger partial charge in [-0.1, -0.05) is 24.3 Å². The van der Waals surface area contributed by atoms with E-state index in [9.17, 15) is 13.2 Å². The lowest BCUT2D eigenvalue weighted by Crippen LogP contribution is -2.43. The third kappa shape index (κ3) is 7.45. The average molecular weight is 342 g/mol. The van der Waals surface area contributed by atoms with Crippen molar-refractivity contribution in [1.29, 1.82) is 0 Å². The van der Waals surface area contributed by atoms with Gasteiger partial charge in [-0.15, -0.1) is 0 Å². The van der Waals surface area contributed by atoms with E-state index in [0.29, 0.717) is 6.54 Å². The van der Waals surface area contributed by atoms with Crippen molar-refractivity contribution < 1.29 is 13.2 Å². The molecule has 0 saturated carbocycles. The van der Waals surface area contributed by atoms with E-state index in [-0.39, 0.29) is 25.2 Å². The third-order valence-electron chi connectivity index (χ3n) is 3.40. The Hall–Kier alpha value is -1.64. The second kappa shape index (κ2) is 8.85. The van der Waals surface area contributed by atoms with Gasteiger partial charge in [-0.3, -0.25) is 0 Å². The summed E-state index contributed by atoms with van der Waals surface area (Å²) in [6.45, 7) is 2.91. The van der Waals surface area contributed by atoms with E-state index in [1.165, 1.54) is 5.56 Å². The second-order valence-electron chi connectivity index (χ2n) is 5.64. The fourth-order valence-corrected chi connectivity index (χ4v) is 2.67. The van der Waals surface area contributed by atoms with Crippen LogP contribution in [-0.2, 0) is 10.0 Å². The van der Waals surface area contributed by atoms with E-state index >= 15 is 0 Å². The topological polar surface area (TPSA) is 90.5 Å². The third-order valence-corrected chi connectivity index (χ3v) is 4.13. The molecule has 7 nitrogen and oxygen atoms in total. The summed E-state index contributed by atoms with van der Waals surface area (Å²) >= 11 is 0. The van der Waals surface area contributed by atoms with E-state index in [1.54, 1.807) is 0 Å². The van der Waals surface area contributed by atoms with Crippen molar-refractivity contribution in [2.75, 3.05) is 40.0 Å². The van der Waals surface area contributed by atoms with Crippen molar-refractivity contribution in [1.82, 2.24) is 20.3 Å². The molecule has 0 aliphatic carbocycles. The molecule has 0 saturated heterocycles. The average Bonchev–Trinajstić information content (AvgIpc) is 2.44. The molecular formula is C15H26N4O3S. The highest BCUT2D eigenvalue weighted by atomic mass is 32.2. The molecule has 1 atom stereocenters. The number of urea groups is 1. The number of nitrogens with zero attached hydrogens (tertiary/aromatic N) is 1. The molecule has 3 N–H and O–H groups in total. The lowest BCUT2D eigenvalue weighted by Gasteiger charge is -2.26. The Labute approximate surface area is 138 Å². The van der Waals surface area contributed by atoms with Crippen molar-refractivity contribution in [2.24, 2.45) is 0 Å². The lowest BCUT2D eigenvalue weighted by molar-refractivity contribution is 0.233. The molecule has 0 aromatic heterocycles. The molecule has 1 rings (SSSR count). The van der Waals surface area contributed by atoms with Crippen LogP contribution in [0.2, 0.25) is 0 Å². The van der Waals surface area contributed by atoms with Crippen LogP contribution in [0.25, 0.3) is 0 Å². The zero-order chi connectivity index (χ0) is 17.5. The highest BCUT2D eigenvalue weighted by Crippen LogP contribution is 2.20. The molecule has 1 aromatic rings. The first kappa shape index (κ1) is 19.4. The van der Waals surface area contributed by atoms with Crippen LogP contribution in [0.3, 0.4) is 0 Å². The molecule has 8 heteroatoms. The SMILES string of the molecule is Cc1ccccc1C(CNC(=O)NCCNS(C)(=O)=O)N(C)C. The van der Waals surface area contributed by atoms with Crippen LogP contribution in [0.4, 0.5) is 4.79 Å². The van der Waals surface area contributed by atoms with Crippen molar-refractivity contribution in [3.8, 4) is 0 Å². The van der Waals surface area contributed by atoms with E-state index in [2.05, 4.69) is 21.4 Å². The zero-order valence-electron chi connectivity index (χ0n) is 14.1. The minimum atomic E-state index is -3.23. The Bertz CT molecular complexity index is 617. The van der Waals surface area contributed by atoms with Crippen molar-refractivity contribution in [3.05, 3.63) is 35.4 Å². The molecule has 0 radical (unpaired) electrons. The molecular weight excluding hydrogens is 316 g/mol. The molecule has 0 fully saturated rings. The van der Waals surface area contributed by atoms with Crippen LogP contribution in [0.15, 0.2) is 24.3 Å².